The maximum atomic E-state index is 13.3. The number of nitrogens with zero attached hydrogens (tertiary/aromatic N) is 5. The molecule has 1 saturated carbocycles. The molecular weight excluding hydrogens is 739 g/mol. The summed E-state index contributed by atoms with van der Waals surface area (Å²) in [6, 6.07) is 15.2. The van der Waals surface area contributed by atoms with Crippen LogP contribution in [0.1, 0.15) is 59.2 Å². The van der Waals surface area contributed by atoms with E-state index in [1.807, 2.05) is 24.3 Å². The number of fused-ring (bicyclic) bond motifs is 3. The number of nitro groups is 1. The van der Waals surface area contributed by atoms with Crippen LogP contribution in [0.5, 0.6) is 5.75 Å². The molecule has 6 aliphatic rings. The fourth-order valence-corrected chi connectivity index (χ4v) is 9.52. The van der Waals surface area contributed by atoms with E-state index in [2.05, 4.69) is 25.3 Å². The zero-order valence-corrected chi connectivity index (χ0v) is 31.6. The first kappa shape index (κ1) is 36.6. The van der Waals surface area contributed by atoms with Gasteiger partial charge in [0.25, 0.3) is 17.5 Å². The number of piperidine rings is 2. The molecule has 3 aromatic carbocycles. The van der Waals surface area contributed by atoms with Gasteiger partial charge < -0.3 is 24.6 Å². The van der Waals surface area contributed by atoms with Gasteiger partial charge in [0, 0.05) is 99.2 Å². The second kappa shape index (κ2) is 15.1. The molecule has 1 aliphatic carbocycles. The monoisotopic (exact) mass is 781 g/mol. The lowest BCUT2D eigenvalue weighted by Gasteiger charge is -2.40. The van der Waals surface area contributed by atoms with Crippen molar-refractivity contribution in [1.29, 1.82) is 0 Å². The Hall–Kier alpha value is -5.03. The van der Waals surface area contributed by atoms with Crippen molar-refractivity contribution >= 4 is 58.1 Å². The summed E-state index contributed by atoms with van der Waals surface area (Å²) in [5.74, 6) is -1.17. The van der Waals surface area contributed by atoms with E-state index < -0.39 is 23.8 Å². The Balaban J connectivity index is 0.676. The molecule has 4 amide bonds. The lowest BCUT2D eigenvalue weighted by molar-refractivity contribution is -0.385. The fraction of sp³-hybridized carbons (Fsp3) is 0.450. The van der Waals surface area contributed by atoms with Crippen molar-refractivity contribution in [3.8, 4) is 5.75 Å². The van der Waals surface area contributed by atoms with Crippen LogP contribution in [0.4, 0.5) is 22.7 Å². The quantitative estimate of drug-likeness (QED) is 0.132. The third-order valence-electron chi connectivity index (χ3n) is 11.8. The van der Waals surface area contributed by atoms with Crippen LogP contribution in [0.3, 0.4) is 0 Å². The number of carbonyl (C=O) groups is 4. The zero-order chi connectivity index (χ0) is 38.5. The van der Waals surface area contributed by atoms with E-state index in [0.717, 1.165) is 116 Å². The van der Waals surface area contributed by atoms with Crippen LogP contribution >= 0.6 is 11.8 Å². The minimum Gasteiger partial charge on any atom is -0.490 e. The molecule has 5 heterocycles. The number of hydrogen-bond acceptors (Lipinski definition) is 13. The highest BCUT2D eigenvalue weighted by atomic mass is 32.2. The molecule has 4 fully saturated rings. The molecule has 0 aromatic heterocycles. The average Bonchev–Trinajstić information content (AvgIpc) is 3.43. The number of piperazine rings is 1. The van der Waals surface area contributed by atoms with Crippen molar-refractivity contribution in [2.24, 2.45) is 0 Å². The van der Waals surface area contributed by atoms with Gasteiger partial charge in [-0.05, 0) is 61.7 Å². The lowest BCUT2D eigenvalue weighted by Crippen LogP contribution is -2.54. The summed E-state index contributed by atoms with van der Waals surface area (Å²) in [6.45, 7) is 7.45. The van der Waals surface area contributed by atoms with Crippen molar-refractivity contribution in [2.45, 2.75) is 72.7 Å². The third-order valence-corrected chi connectivity index (χ3v) is 12.9. The number of benzene rings is 3. The summed E-state index contributed by atoms with van der Waals surface area (Å²) in [6.07, 6.45) is 4.59. The average molecular weight is 782 g/mol. The number of nitro benzene ring substituents is 1. The van der Waals surface area contributed by atoms with Crippen molar-refractivity contribution < 1.29 is 33.6 Å². The van der Waals surface area contributed by atoms with Crippen LogP contribution in [0.15, 0.2) is 64.4 Å². The predicted octanol–water partition coefficient (Wildman–Crippen LogP) is 4.42. The minimum absolute atomic E-state index is 0.0757. The minimum atomic E-state index is -0.967. The number of anilines is 3. The Bertz CT molecular complexity index is 2090. The Morgan fingerprint density at radius 2 is 1.43 bits per heavy atom. The van der Waals surface area contributed by atoms with E-state index in [1.54, 1.807) is 24.3 Å². The van der Waals surface area contributed by atoms with Gasteiger partial charge in [0.15, 0.2) is 0 Å². The summed E-state index contributed by atoms with van der Waals surface area (Å²) in [4.78, 5) is 71.3. The van der Waals surface area contributed by atoms with Crippen molar-refractivity contribution in [1.82, 2.24) is 20.0 Å². The largest absolute Gasteiger partial charge is 0.490 e. The Morgan fingerprint density at radius 3 is 2.16 bits per heavy atom. The molecule has 15 nitrogen and oxygen atoms in total. The van der Waals surface area contributed by atoms with E-state index in [0.29, 0.717) is 11.1 Å². The second-order valence-corrected chi connectivity index (χ2v) is 16.4. The predicted molar refractivity (Wildman–Crippen MR) is 207 cm³/mol. The van der Waals surface area contributed by atoms with Gasteiger partial charge in [-0.3, -0.25) is 44.4 Å². The number of ether oxygens (including phenoxy) is 2. The van der Waals surface area contributed by atoms with E-state index in [4.69, 9.17) is 9.47 Å². The van der Waals surface area contributed by atoms with Crippen molar-refractivity contribution in [3.63, 3.8) is 0 Å². The van der Waals surface area contributed by atoms with Crippen molar-refractivity contribution in [3.05, 3.63) is 75.8 Å². The van der Waals surface area contributed by atoms with Crippen LogP contribution in [-0.4, -0.2) is 120 Å². The van der Waals surface area contributed by atoms with Gasteiger partial charge in [0.2, 0.25) is 11.8 Å². The Labute approximate surface area is 327 Å². The smallest absolute Gasteiger partial charge is 0.270 e. The molecule has 5 aliphatic heterocycles. The van der Waals surface area contributed by atoms with Gasteiger partial charge in [0.1, 0.15) is 17.9 Å². The molecule has 16 heteroatoms. The molecule has 292 valence electrons. The van der Waals surface area contributed by atoms with Gasteiger partial charge in [-0.25, -0.2) is 0 Å². The standard InChI is InChI=1S/C40H43N7O8S/c48-37-8-7-34(38(49)42-37)46-39(50)30-4-1-24(19-31(30)40(46)51)45-17-15-44(16-18-45)14-13-43-11-9-26(10-12-43)54-28-21-29(22-28)55-27-3-6-33-36(23-27)56-35-20-25(47(52)53)2-5-32(35)41-33/h1-6,19-20,23,26,28-29,34,41H,7-18,21-22H2,(H,42,48,49)/t28-,29-,34?. The van der Waals surface area contributed by atoms with E-state index in [1.165, 1.54) is 17.8 Å². The van der Waals surface area contributed by atoms with Crippen LogP contribution < -0.4 is 20.3 Å². The van der Waals surface area contributed by atoms with E-state index in [9.17, 15) is 29.3 Å². The Kier molecular flexibility index (Phi) is 9.89. The van der Waals surface area contributed by atoms with Crippen LogP contribution in [0.2, 0.25) is 0 Å². The summed E-state index contributed by atoms with van der Waals surface area (Å²) in [7, 11) is 0. The van der Waals surface area contributed by atoms with Crippen LogP contribution in [0, 0.1) is 10.1 Å². The number of imide groups is 2. The first-order valence-electron chi connectivity index (χ1n) is 19.4. The summed E-state index contributed by atoms with van der Waals surface area (Å²) in [5, 5.41) is 16.8. The van der Waals surface area contributed by atoms with Gasteiger partial charge >= 0.3 is 0 Å². The van der Waals surface area contributed by atoms with E-state index >= 15 is 0 Å². The summed E-state index contributed by atoms with van der Waals surface area (Å²) < 4.78 is 12.8. The van der Waals surface area contributed by atoms with Crippen molar-refractivity contribution in [2.75, 3.05) is 62.6 Å². The number of rotatable bonds is 10. The van der Waals surface area contributed by atoms with Gasteiger partial charge in [-0.1, -0.05) is 11.8 Å². The number of non-ortho nitro benzene ring substituents is 1. The molecule has 0 spiro atoms. The molecule has 9 rings (SSSR count). The maximum absolute atomic E-state index is 13.3. The van der Waals surface area contributed by atoms with Gasteiger partial charge in [0.05, 0.1) is 39.6 Å². The topological polar surface area (TPSA) is 167 Å². The molecule has 0 radical (unpaired) electrons. The number of carbonyl (C=O) groups excluding carboxylic acids is 4. The van der Waals surface area contributed by atoms with Gasteiger partial charge in [-0.15, -0.1) is 0 Å². The van der Waals surface area contributed by atoms with Gasteiger partial charge in [-0.2, -0.15) is 0 Å². The lowest BCUT2D eigenvalue weighted by atomic mass is 9.91. The highest BCUT2D eigenvalue weighted by Crippen LogP contribution is 2.47. The normalized spacial score (nSPS) is 24.2. The summed E-state index contributed by atoms with van der Waals surface area (Å²) in [5.41, 5.74) is 3.40. The molecule has 3 saturated heterocycles. The number of amides is 4. The second-order valence-electron chi connectivity index (χ2n) is 15.3. The van der Waals surface area contributed by atoms with Crippen LogP contribution in [0.25, 0.3) is 0 Å². The first-order chi connectivity index (χ1) is 27.1. The molecule has 1 atom stereocenters. The highest BCUT2D eigenvalue weighted by molar-refractivity contribution is 7.99. The number of hydrogen-bond donors (Lipinski definition) is 2. The maximum Gasteiger partial charge on any atom is 0.270 e. The molecule has 0 bridgehead atoms. The van der Waals surface area contributed by atoms with Crippen LogP contribution in [-0.2, 0) is 14.3 Å². The SMILES string of the molecule is O=C1CCC(N2C(=O)c3ccc(N4CCN(CCN5CCC(O[C@H]6C[C@H](Oc7ccc8c(c7)Sc7cc([N+](=O)[O-])ccc7N8)C6)CC5)CC4)cc3C2=O)C(=O)N1. The summed E-state index contributed by atoms with van der Waals surface area (Å²) >= 11 is 1.51. The third kappa shape index (κ3) is 7.33. The molecule has 3 aromatic rings. The molecular formula is C40H43N7O8S. The zero-order valence-electron chi connectivity index (χ0n) is 30.8. The first-order valence-corrected chi connectivity index (χ1v) is 20.2. The number of nitrogens with one attached hydrogen (secondary N) is 2. The number of likely N-dealkylation sites (tertiary alicyclic amines) is 1. The Morgan fingerprint density at radius 1 is 0.732 bits per heavy atom. The fourth-order valence-electron chi connectivity index (χ4n) is 8.47. The van der Waals surface area contributed by atoms with E-state index in [-0.39, 0.29) is 47.7 Å². The molecule has 2 N–H and O–H groups in total. The molecule has 56 heavy (non-hydrogen) atoms. The highest BCUT2D eigenvalue weighted by Gasteiger charge is 2.45. The molecule has 1 unspecified atom stereocenters.